The van der Waals surface area contributed by atoms with Gasteiger partial charge in [-0.2, -0.15) is 0 Å². The average molecular weight is 834 g/mol. The van der Waals surface area contributed by atoms with Crippen molar-refractivity contribution in [2.24, 2.45) is 0 Å². The zero-order valence-electron chi connectivity index (χ0n) is 37.5. The van der Waals surface area contributed by atoms with Gasteiger partial charge in [-0.1, -0.05) is 177 Å². The van der Waals surface area contributed by atoms with Gasteiger partial charge in [-0.3, -0.25) is 14.2 Å². The molecule has 0 amide bonds. The Hall–Kier alpha value is -2.55. The molecule has 0 rings (SSSR count). The first-order valence-electron chi connectivity index (χ1n) is 22.6. The Kier molecular flexibility index (Phi) is 38.1. The molecule has 0 fully saturated rings. The first-order chi connectivity index (χ1) is 28.0. The molecule has 9 nitrogen and oxygen atoms in total. The Morgan fingerprint density at radius 2 is 0.983 bits per heavy atom. The Balaban J connectivity index is 4.46. The van der Waals surface area contributed by atoms with Gasteiger partial charge < -0.3 is 27.9 Å². The molecule has 0 heterocycles. The van der Waals surface area contributed by atoms with E-state index < -0.39 is 32.5 Å². The van der Waals surface area contributed by atoms with E-state index in [2.05, 4.69) is 74.6 Å². The van der Waals surface area contributed by atoms with Crippen LogP contribution in [0.4, 0.5) is 0 Å². The molecule has 0 aromatic heterocycles. The van der Waals surface area contributed by atoms with E-state index in [1.54, 1.807) is 0 Å². The number of likely N-dealkylation sites (N-methyl/N-ethyl adjacent to an activating group) is 1. The van der Waals surface area contributed by atoms with Crippen molar-refractivity contribution < 1.29 is 42.1 Å². The normalized spacial score (nSPS) is 14.2. The number of carbonyl (C=O) groups excluding carboxylic acids is 2. The fraction of sp³-hybridized carbons (Fsp3) is 0.708. The number of rotatable bonds is 40. The summed E-state index contributed by atoms with van der Waals surface area (Å²) in [5, 5.41) is 0. The minimum atomic E-state index is -4.64. The van der Waals surface area contributed by atoms with Gasteiger partial charge in [-0.05, 0) is 51.4 Å². The largest absolute Gasteiger partial charge is 0.756 e. The third-order valence-electron chi connectivity index (χ3n) is 9.25. The summed E-state index contributed by atoms with van der Waals surface area (Å²) in [5.74, 6) is -0.934. The molecule has 0 aromatic rings. The van der Waals surface area contributed by atoms with E-state index in [4.69, 9.17) is 18.5 Å². The van der Waals surface area contributed by atoms with Gasteiger partial charge in [0.15, 0.2) is 6.10 Å². The molecule has 0 aliphatic carbocycles. The van der Waals surface area contributed by atoms with E-state index in [0.29, 0.717) is 23.9 Å². The van der Waals surface area contributed by atoms with Crippen LogP contribution in [0.2, 0.25) is 0 Å². The van der Waals surface area contributed by atoms with Crippen molar-refractivity contribution in [2.45, 2.75) is 174 Å². The van der Waals surface area contributed by atoms with Crippen molar-refractivity contribution in [1.29, 1.82) is 0 Å². The molecule has 0 aliphatic rings. The zero-order chi connectivity index (χ0) is 42.8. The molecule has 58 heavy (non-hydrogen) atoms. The number of allylic oxidation sites excluding steroid dienone is 12. The topological polar surface area (TPSA) is 111 Å². The predicted molar refractivity (Wildman–Crippen MR) is 240 cm³/mol. The summed E-state index contributed by atoms with van der Waals surface area (Å²) < 4.78 is 33.8. The van der Waals surface area contributed by atoms with Crippen LogP contribution in [0.3, 0.4) is 0 Å². The number of esters is 2. The summed E-state index contributed by atoms with van der Waals surface area (Å²) >= 11 is 0. The summed E-state index contributed by atoms with van der Waals surface area (Å²) in [6, 6.07) is 0. The van der Waals surface area contributed by atoms with E-state index in [1.807, 2.05) is 33.3 Å². The molecule has 0 aliphatic heterocycles. The van der Waals surface area contributed by atoms with E-state index in [0.717, 1.165) is 57.8 Å². The van der Waals surface area contributed by atoms with Crippen LogP contribution < -0.4 is 4.89 Å². The number of quaternary nitrogens is 1. The number of unbranched alkanes of at least 4 members (excludes halogenated alkanes) is 14. The standard InChI is InChI=1S/C48H84NO8P/c1-6-8-10-12-14-16-18-20-22-23-24-25-27-28-30-32-34-36-38-40-47(50)54-44-46(45-56-58(52,53)55-43-42-49(3,4)5)57-48(51)41-39-37-35-33-31-29-26-21-19-17-15-13-11-9-7-2/h8,10,14,16,20,22,24-25,28,30,34,36,46H,6-7,9,11-13,15,17-19,21,23,26-27,29,31-33,35,37-45H2,1-5H3/b10-8+,16-14+,22-20+,25-24+,30-28+,36-34+/t46-/m1/s1. The van der Waals surface area contributed by atoms with Crippen LogP contribution in [0.25, 0.3) is 0 Å². The molecule has 0 bridgehead atoms. The average Bonchev–Trinajstić information content (AvgIpc) is 3.17. The van der Waals surface area contributed by atoms with Crippen molar-refractivity contribution >= 4 is 19.8 Å². The van der Waals surface area contributed by atoms with E-state index in [1.165, 1.54) is 70.6 Å². The van der Waals surface area contributed by atoms with Crippen molar-refractivity contribution in [3.63, 3.8) is 0 Å². The van der Waals surface area contributed by atoms with Crippen molar-refractivity contribution in [3.8, 4) is 0 Å². The maximum Gasteiger partial charge on any atom is 0.306 e. The smallest absolute Gasteiger partial charge is 0.306 e. The highest BCUT2D eigenvalue weighted by Gasteiger charge is 2.21. The Bertz CT molecular complexity index is 1220. The molecule has 0 N–H and O–H groups in total. The van der Waals surface area contributed by atoms with Crippen LogP contribution in [0.1, 0.15) is 168 Å². The maximum atomic E-state index is 12.7. The van der Waals surface area contributed by atoms with Crippen LogP contribution in [-0.4, -0.2) is 70.0 Å². The minimum Gasteiger partial charge on any atom is -0.756 e. The van der Waals surface area contributed by atoms with Crippen LogP contribution in [0.5, 0.6) is 0 Å². The fourth-order valence-corrected chi connectivity index (χ4v) is 6.47. The third-order valence-corrected chi connectivity index (χ3v) is 10.2. The lowest BCUT2D eigenvalue weighted by Gasteiger charge is -2.28. The zero-order valence-corrected chi connectivity index (χ0v) is 38.4. The lowest BCUT2D eigenvalue weighted by atomic mass is 10.0. The second kappa shape index (κ2) is 39.9. The number of nitrogens with zero attached hydrogens (tertiary/aromatic N) is 1. The van der Waals surface area contributed by atoms with Gasteiger partial charge in [0.05, 0.1) is 27.7 Å². The van der Waals surface area contributed by atoms with Gasteiger partial charge in [0.25, 0.3) is 7.82 Å². The summed E-state index contributed by atoms with van der Waals surface area (Å²) in [5.41, 5.74) is 0. The van der Waals surface area contributed by atoms with Crippen LogP contribution >= 0.6 is 7.82 Å². The molecule has 10 heteroatoms. The van der Waals surface area contributed by atoms with Crippen LogP contribution in [-0.2, 0) is 32.7 Å². The second-order valence-corrected chi connectivity index (χ2v) is 17.4. The number of hydrogen-bond donors (Lipinski definition) is 0. The summed E-state index contributed by atoms with van der Waals surface area (Å²) in [4.78, 5) is 37.5. The summed E-state index contributed by atoms with van der Waals surface area (Å²) in [7, 11) is 1.12. The molecule has 0 spiro atoms. The lowest BCUT2D eigenvalue weighted by molar-refractivity contribution is -0.870. The molecule has 0 radical (unpaired) electrons. The second-order valence-electron chi connectivity index (χ2n) is 16.0. The summed E-state index contributed by atoms with van der Waals surface area (Å²) in [6.45, 7) is 4.02. The van der Waals surface area contributed by atoms with E-state index >= 15 is 0 Å². The van der Waals surface area contributed by atoms with Crippen molar-refractivity contribution in [1.82, 2.24) is 0 Å². The number of carbonyl (C=O) groups is 2. The highest BCUT2D eigenvalue weighted by molar-refractivity contribution is 7.45. The highest BCUT2D eigenvalue weighted by Crippen LogP contribution is 2.38. The van der Waals surface area contributed by atoms with Gasteiger partial charge >= 0.3 is 11.9 Å². The van der Waals surface area contributed by atoms with Gasteiger partial charge in [0, 0.05) is 12.8 Å². The molecule has 2 atom stereocenters. The van der Waals surface area contributed by atoms with Crippen molar-refractivity contribution in [3.05, 3.63) is 72.9 Å². The Morgan fingerprint density at radius 1 is 0.552 bits per heavy atom. The molecule has 1 unspecified atom stereocenters. The molecule has 0 aromatic carbocycles. The first-order valence-corrected chi connectivity index (χ1v) is 24.1. The van der Waals surface area contributed by atoms with Gasteiger partial charge in [-0.15, -0.1) is 0 Å². The molecule has 0 saturated carbocycles. The maximum absolute atomic E-state index is 12.7. The number of phosphoric acid groups is 1. The van der Waals surface area contributed by atoms with Gasteiger partial charge in [-0.25, -0.2) is 0 Å². The Morgan fingerprint density at radius 3 is 1.43 bits per heavy atom. The van der Waals surface area contributed by atoms with Crippen molar-refractivity contribution in [2.75, 3.05) is 47.5 Å². The quantitative estimate of drug-likeness (QED) is 0.0197. The van der Waals surface area contributed by atoms with Crippen LogP contribution in [0, 0.1) is 0 Å². The van der Waals surface area contributed by atoms with Gasteiger partial charge in [0.2, 0.25) is 0 Å². The number of ether oxygens (including phenoxy) is 2. The highest BCUT2D eigenvalue weighted by atomic mass is 31.2. The molecule has 0 saturated heterocycles. The predicted octanol–water partition coefficient (Wildman–Crippen LogP) is 12.4. The fourth-order valence-electron chi connectivity index (χ4n) is 5.74. The lowest BCUT2D eigenvalue weighted by Crippen LogP contribution is -2.37. The molecular weight excluding hydrogens is 750 g/mol. The number of hydrogen-bond acceptors (Lipinski definition) is 8. The first kappa shape index (κ1) is 55.5. The minimum absolute atomic E-state index is 0.0441. The monoisotopic (exact) mass is 834 g/mol. The summed E-state index contributed by atoms with van der Waals surface area (Å²) in [6.07, 6.45) is 49.4. The SMILES string of the molecule is CC/C=C/C/C=C/C/C=C/C/C=C/C/C=C/C/C=C/CCC(=O)OC[C@H](COP(=O)([O-])OCC[N+](C)(C)C)OC(=O)CCCCCCCCCCCCCCCCC. The number of phosphoric ester groups is 1. The van der Waals surface area contributed by atoms with Gasteiger partial charge in [0.1, 0.15) is 19.8 Å². The van der Waals surface area contributed by atoms with E-state index in [-0.39, 0.29) is 26.1 Å². The Labute approximate surface area is 355 Å². The molecular formula is C48H84NO8P. The van der Waals surface area contributed by atoms with E-state index in [9.17, 15) is 19.0 Å². The van der Waals surface area contributed by atoms with Crippen LogP contribution in [0.15, 0.2) is 72.9 Å². The third kappa shape index (κ3) is 43.0. The molecule has 334 valence electrons.